The van der Waals surface area contributed by atoms with Crippen LogP contribution in [-0.2, 0) is 6.54 Å². The standard InChI is InChI=1S/C9H15F2N3O2/c10-9(11)14-2-1-12-8(14)7-13(3-5-15)4-6-16/h1-2,9,15-16H,3-7H2. The van der Waals surface area contributed by atoms with Crippen LogP contribution in [0.15, 0.2) is 12.4 Å². The van der Waals surface area contributed by atoms with Gasteiger partial charge in [0.2, 0.25) is 0 Å². The number of aliphatic hydroxyl groups excluding tert-OH is 2. The Morgan fingerprint density at radius 2 is 1.94 bits per heavy atom. The Kier molecular flexibility index (Phi) is 5.30. The van der Waals surface area contributed by atoms with Crippen molar-refractivity contribution in [1.82, 2.24) is 14.5 Å². The summed E-state index contributed by atoms with van der Waals surface area (Å²) in [6.45, 7) is -1.99. The molecule has 0 aliphatic carbocycles. The molecule has 7 heteroatoms. The minimum Gasteiger partial charge on any atom is -0.395 e. The number of imidazole rings is 1. The smallest absolute Gasteiger partial charge is 0.319 e. The van der Waals surface area contributed by atoms with Crippen molar-refractivity contribution in [3.8, 4) is 0 Å². The van der Waals surface area contributed by atoms with Gasteiger partial charge in [-0.15, -0.1) is 0 Å². The maximum absolute atomic E-state index is 12.5. The van der Waals surface area contributed by atoms with Crippen LogP contribution in [0.1, 0.15) is 12.4 Å². The van der Waals surface area contributed by atoms with Crippen molar-refractivity contribution >= 4 is 0 Å². The van der Waals surface area contributed by atoms with E-state index in [-0.39, 0.29) is 25.6 Å². The quantitative estimate of drug-likeness (QED) is 0.702. The van der Waals surface area contributed by atoms with E-state index in [9.17, 15) is 8.78 Å². The Morgan fingerprint density at radius 3 is 2.44 bits per heavy atom. The first-order chi connectivity index (χ1) is 7.69. The van der Waals surface area contributed by atoms with Gasteiger partial charge in [-0.2, -0.15) is 8.78 Å². The van der Waals surface area contributed by atoms with Gasteiger partial charge in [0.15, 0.2) is 0 Å². The second kappa shape index (κ2) is 6.51. The zero-order chi connectivity index (χ0) is 12.0. The maximum atomic E-state index is 12.5. The van der Waals surface area contributed by atoms with Gasteiger partial charge in [-0.3, -0.25) is 9.47 Å². The van der Waals surface area contributed by atoms with E-state index in [1.165, 1.54) is 12.4 Å². The fourth-order valence-corrected chi connectivity index (χ4v) is 1.40. The van der Waals surface area contributed by atoms with Gasteiger partial charge >= 0.3 is 6.55 Å². The number of alkyl halides is 2. The van der Waals surface area contributed by atoms with Gasteiger partial charge in [0.05, 0.1) is 19.8 Å². The normalized spacial score (nSPS) is 11.6. The zero-order valence-corrected chi connectivity index (χ0v) is 8.76. The van der Waals surface area contributed by atoms with Gasteiger partial charge in [-0.1, -0.05) is 0 Å². The highest BCUT2D eigenvalue weighted by molar-refractivity contribution is 4.92. The van der Waals surface area contributed by atoms with E-state index in [1.807, 2.05) is 0 Å². The Labute approximate surface area is 91.9 Å². The van der Waals surface area contributed by atoms with Crippen LogP contribution in [0.5, 0.6) is 0 Å². The molecule has 0 aliphatic heterocycles. The Morgan fingerprint density at radius 1 is 1.31 bits per heavy atom. The minimum atomic E-state index is -2.62. The molecule has 0 bridgehead atoms. The molecule has 0 atom stereocenters. The molecular weight excluding hydrogens is 220 g/mol. The monoisotopic (exact) mass is 235 g/mol. The third-order valence-electron chi connectivity index (χ3n) is 2.16. The van der Waals surface area contributed by atoms with Crippen LogP contribution in [0.25, 0.3) is 0 Å². The second-order valence-electron chi connectivity index (χ2n) is 3.25. The summed E-state index contributed by atoms with van der Waals surface area (Å²) in [4.78, 5) is 5.47. The van der Waals surface area contributed by atoms with E-state index < -0.39 is 6.55 Å². The van der Waals surface area contributed by atoms with E-state index in [1.54, 1.807) is 4.90 Å². The third kappa shape index (κ3) is 3.51. The van der Waals surface area contributed by atoms with Crippen LogP contribution in [-0.4, -0.2) is 51.0 Å². The summed E-state index contributed by atoms with van der Waals surface area (Å²) in [5.74, 6) is 0.219. The predicted molar refractivity (Wildman–Crippen MR) is 52.9 cm³/mol. The van der Waals surface area contributed by atoms with Crippen LogP contribution in [0, 0.1) is 0 Å². The van der Waals surface area contributed by atoms with Crippen LogP contribution >= 0.6 is 0 Å². The predicted octanol–water partition coefficient (Wildman–Crippen LogP) is 0.0648. The highest BCUT2D eigenvalue weighted by Gasteiger charge is 2.14. The summed E-state index contributed by atoms with van der Waals surface area (Å²) < 4.78 is 25.7. The highest BCUT2D eigenvalue weighted by Crippen LogP contribution is 2.13. The lowest BCUT2D eigenvalue weighted by Gasteiger charge is -2.20. The van der Waals surface area contributed by atoms with Crippen LogP contribution in [0.4, 0.5) is 8.78 Å². The molecule has 0 amide bonds. The molecule has 0 saturated carbocycles. The number of hydrogen-bond acceptors (Lipinski definition) is 4. The van der Waals surface area contributed by atoms with E-state index in [0.717, 1.165) is 4.57 Å². The molecule has 0 aromatic carbocycles. The Balaban J connectivity index is 2.64. The minimum absolute atomic E-state index is 0.0879. The fraction of sp³-hybridized carbons (Fsp3) is 0.667. The number of halogens is 2. The van der Waals surface area contributed by atoms with Gasteiger partial charge in [0, 0.05) is 25.5 Å². The molecule has 16 heavy (non-hydrogen) atoms. The van der Waals surface area contributed by atoms with Crippen molar-refractivity contribution in [2.75, 3.05) is 26.3 Å². The average molecular weight is 235 g/mol. The second-order valence-corrected chi connectivity index (χ2v) is 3.25. The molecule has 5 nitrogen and oxygen atoms in total. The van der Waals surface area contributed by atoms with Crippen molar-refractivity contribution in [1.29, 1.82) is 0 Å². The lowest BCUT2D eigenvalue weighted by atomic mass is 10.4. The van der Waals surface area contributed by atoms with Crippen LogP contribution in [0.2, 0.25) is 0 Å². The van der Waals surface area contributed by atoms with E-state index >= 15 is 0 Å². The van der Waals surface area contributed by atoms with Gasteiger partial charge in [-0.05, 0) is 0 Å². The molecule has 0 unspecified atom stereocenters. The summed E-state index contributed by atoms with van der Waals surface area (Å²) in [5, 5.41) is 17.5. The van der Waals surface area contributed by atoms with Crippen molar-refractivity contribution in [3.63, 3.8) is 0 Å². The van der Waals surface area contributed by atoms with E-state index in [2.05, 4.69) is 4.98 Å². The third-order valence-corrected chi connectivity index (χ3v) is 2.16. The number of nitrogens with zero attached hydrogens (tertiary/aromatic N) is 3. The van der Waals surface area contributed by atoms with E-state index in [4.69, 9.17) is 10.2 Å². The molecule has 0 fully saturated rings. The molecule has 2 N–H and O–H groups in total. The fourth-order valence-electron chi connectivity index (χ4n) is 1.40. The molecular formula is C9H15F2N3O2. The Bertz CT molecular complexity index is 301. The molecule has 1 aromatic rings. The van der Waals surface area contributed by atoms with Crippen molar-refractivity contribution in [3.05, 3.63) is 18.2 Å². The largest absolute Gasteiger partial charge is 0.395 e. The summed E-state index contributed by atoms with van der Waals surface area (Å²) in [6.07, 6.45) is 2.51. The summed E-state index contributed by atoms with van der Waals surface area (Å²) in [5.41, 5.74) is 0. The highest BCUT2D eigenvalue weighted by atomic mass is 19.3. The first-order valence-electron chi connectivity index (χ1n) is 4.93. The van der Waals surface area contributed by atoms with Crippen molar-refractivity contribution in [2.24, 2.45) is 0 Å². The molecule has 92 valence electrons. The first kappa shape index (κ1) is 13.0. The van der Waals surface area contributed by atoms with Crippen LogP contribution < -0.4 is 0 Å². The summed E-state index contributed by atoms with van der Waals surface area (Å²) >= 11 is 0. The molecule has 1 aromatic heterocycles. The summed E-state index contributed by atoms with van der Waals surface area (Å²) in [7, 11) is 0. The van der Waals surface area contributed by atoms with Gasteiger partial charge in [-0.25, -0.2) is 4.98 Å². The maximum Gasteiger partial charge on any atom is 0.319 e. The van der Waals surface area contributed by atoms with Crippen molar-refractivity contribution < 1.29 is 19.0 Å². The lowest BCUT2D eigenvalue weighted by molar-refractivity contribution is 0.0624. The molecule has 0 radical (unpaired) electrons. The van der Waals surface area contributed by atoms with Crippen LogP contribution in [0.3, 0.4) is 0 Å². The topological polar surface area (TPSA) is 61.5 Å². The number of aliphatic hydroxyl groups is 2. The molecule has 1 rings (SSSR count). The molecule has 0 saturated heterocycles. The Hall–Kier alpha value is -1.05. The van der Waals surface area contributed by atoms with E-state index in [0.29, 0.717) is 13.1 Å². The number of aromatic nitrogens is 2. The lowest BCUT2D eigenvalue weighted by Crippen LogP contribution is -2.30. The average Bonchev–Trinajstić information content (AvgIpc) is 2.66. The molecule has 1 heterocycles. The SMILES string of the molecule is OCCN(CCO)Cc1nccn1C(F)F. The summed E-state index contributed by atoms with van der Waals surface area (Å²) in [6, 6.07) is 0. The molecule has 0 aliphatic rings. The van der Waals surface area contributed by atoms with Crippen molar-refractivity contribution in [2.45, 2.75) is 13.1 Å². The molecule has 0 spiro atoms. The zero-order valence-electron chi connectivity index (χ0n) is 8.76. The van der Waals surface area contributed by atoms with Gasteiger partial charge < -0.3 is 10.2 Å². The number of rotatable bonds is 7. The number of hydrogen-bond donors (Lipinski definition) is 2. The first-order valence-corrected chi connectivity index (χ1v) is 4.93. The van der Waals surface area contributed by atoms with Gasteiger partial charge in [0.1, 0.15) is 5.82 Å². The van der Waals surface area contributed by atoms with Gasteiger partial charge in [0.25, 0.3) is 0 Å².